The third-order valence-corrected chi connectivity index (χ3v) is 4.84. The Kier molecular flexibility index (Phi) is 17.6. The largest absolute Gasteiger partial charge is 0.505 e. The number of nitrogens with zero attached hydrogens (tertiary/aromatic N) is 1. The zero-order valence-corrected chi connectivity index (χ0v) is 18.6. The van der Waals surface area contributed by atoms with E-state index >= 15 is 0 Å². The fourth-order valence-corrected chi connectivity index (χ4v) is 3.11. The van der Waals surface area contributed by atoms with Gasteiger partial charge < -0.3 is 43.0 Å². The monoisotopic (exact) mass is 446 g/mol. The first-order chi connectivity index (χ1) is 14.8. The summed E-state index contributed by atoms with van der Waals surface area (Å²) in [6, 6.07) is -1.17. The van der Waals surface area contributed by atoms with E-state index in [-0.39, 0.29) is 25.0 Å². The van der Waals surface area contributed by atoms with E-state index in [1.54, 1.807) is 0 Å². The molecule has 0 aromatic rings. The average molecular weight is 447 g/mol. The molecule has 0 rings (SSSR count). The van der Waals surface area contributed by atoms with E-state index in [2.05, 4.69) is 10.1 Å². The Balaban J connectivity index is 4.92. The zero-order chi connectivity index (χ0) is 23.5. The lowest BCUT2D eigenvalue weighted by Gasteiger charge is -2.26. The van der Waals surface area contributed by atoms with Gasteiger partial charge in [-0.2, -0.15) is 0 Å². The molecule has 10 N–H and O–H groups in total. The van der Waals surface area contributed by atoms with Crippen LogP contribution in [0, 0.1) is 0 Å². The topological polar surface area (TPSA) is 200 Å². The van der Waals surface area contributed by atoms with E-state index in [1.165, 1.54) is 4.90 Å². The summed E-state index contributed by atoms with van der Waals surface area (Å²) in [6.07, 6.45) is 5.03. The van der Waals surface area contributed by atoms with Crippen molar-refractivity contribution in [2.24, 2.45) is 22.9 Å². The number of nitrogens with one attached hydrogen (secondary N) is 1. The molecular weight excluding hydrogens is 404 g/mol. The number of carboxylic acid groups (broad SMARTS) is 1. The molecule has 0 heterocycles. The lowest BCUT2D eigenvalue weighted by atomic mass is 10.1. The van der Waals surface area contributed by atoms with E-state index in [1.807, 2.05) is 0 Å². The molecule has 182 valence electrons. The molecule has 2 amide bonds. The van der Waals surface area contributed by atoms with Gasteiger partial charge in [0.15, 0.2) is 0 Å². The molecule has 0 aliphatic rings. The van der Waals surface area contributed by atoms with Gasteiger partial charge in [0.2, 0.25) is 11.8 Å². The summed E-state index contributed by atoms with van der Waals surface area (Å²) in [4.78, 5) is 37.6. The Morgan fingerprint density at radius 3 is 2.03 bits per heavy atom. The Morgan fingerprint density at radius 1 is 0.871 bits per heavy atom. The summed E-state index contributed by atoms with van der Waals surface area (Å²) in [5.41, 5.74) is 22.6. The van der Waals surface area contributed by atoms with E-state index in [0.717, 1.165) is 38.5 Å². The molecule has 0 saturated carbocycles. The summed E-state index contributed by atoms with van der Waals surface area (Å²) >= 11 is 0. The van der Waals surface area contributed by atoms with Crippen LogP contribution >= 0.6 is 0 Å². The van der Waals surface area contributed by atoms with Gasteiger partial charge in [-0.1, -0.05) is 19.3 Å². The number of nitrogens with two attached hydrogens (primary N) is 4. The number of hydrogen-bond donors (Lipinski definition) is 6. The van der Waals surface area contributed by atoms with Crippen molar-refractivity contribution in [2.45, 2.75) is 69.9 Å². The lowest BCUT2D eigenvalue weighted by molar-refractivity contribution is -0.137. The van der Waals surface area contributed by atoms with E-state index in [4.69, 9.17) is 28.0 Å². The minimum Gasteiger partial charge on any atom is -0.450 e. The molecule has 0 unspecified atom stereocenters. The van der Waals surface area contributed by atoms with Crippen LogP contribution in [-0.4, -0.2) is 79.4 Å². The third kappa shape index (κ3) is 15.5. The highest BCUT2D eigenvalue weighted by Gasteiger charge is 2.24. The number of ether oxygens (including phenoxy) is 1. The number of hydrogen-bond acceptors (Lipinski definition) is 8. The average Bonchev–Trinajstić information content (AvgIpc) is 2.73. The molecule has 0 spiro atoms. The molecule has 0 aliphatic heterocycles. The standard InChI is InChI=1S/C20H42N6O5/c21-10-4-1-7-13-26(19(28)17(24)9-3-6-12-23)14-18(27)25-16(8-2-5-11-22)15-31-20(29)30/h16-17H,1-15,21-24H2,(H,25,27)(H,29,30)/t16-,17-/m1/s1. The lowest BCUT2D eigenvalue weighted by Crippen LogP contribution is -2.50. The maximum atomic E-state index is 12.8. The maximum absolute atomic E-state index is 12.8. The summed E-state index contributed by atoms with van der Waals surface area (Å²) in [5.74, 6) is -0.658. The first-order valence-corrected chi connectivity index (χ1v) is 11.1. The van der Waals surface area contributed by atoms with Gasteiger partial charge in [-0.15, -0.1) is 0 Å². The highest BCUT2D eigenvalue weighted by atomic mass is 16.7. The summed E-state index contributed by atoms with van der Waals surface area (Å²) in [6.45, 7) is 1.71. The van der Waals surface area contributed by atoms with Crippen molar-refractivity contribution in [3.63, 3.8) is 0 Å². The van der Waals surface area contributed by atoms with Crippen LogP contribution in [0.4, 0.5) is 4.79 Å². The van der Waals surface area contributed by atoms with Gasteiger partial charge in [0.05, 0.1) is 18.6 Å². The predicted molar refractivity (Wildman–Crippen MR) is 119 cm³/mol. The first kappa shape index (κ1) is 29.1. The van der Waals surface area contributed by atoms with Gasteiger partial charge in [-0.3, -0.25) is 9.59 Å². The predicted octanol–water partition coefficient (Wildman–Crippen LogP) is -0.291. The third-order valence-electron chi connectivity index (χ3n) is 4.84. The quantitative estimate of drug-likeness (QED) is 0.114. The summed E-state index contributed by atoms with van der Waals surface area (Å²) in [7, 11) is 0. The van der Waals surface area contributed by atoms with Gasteiger partial charge in [0.25, 0.3) is 0 Å². The van der Waals surface area contributed by atoms with Crippen molar-refractivity contribution < 1.29 is 24.2 Å². The number of amides is 2. The minimum absolute atomic E-state index is 0.146. The van der Waals surface area contributed by atoms with Crippen LogP contribution in [0.25, 0.3) is 0 Å². The Bertz CT molecular complexity index is 508. The smallest absolute Gasteiger partial charge is 0.450 e. The molecule has 0 bridgehead atoms. The second-order valence-corrected chi connectivity index (χ2v) is 7.63. The van der Waals surface area contributed by atoms with Crippen LogP contribution in [0.1, 0.15) is 57.8 Å². The minimum atomic E-state index is -1.40. The molecule has 0 radical (unpaired) electrons. The first-order valence-electron chi connectivity index (χ1n) is 11.1. The second-order valence-electron chi connectivity index (χ2n) is 7.63. The molecule has 31 heavy (non-hydrogen) atoms. The van der Waals surface area contributed by atoms with Crippen molar-refractivity contribution in [1.29, 1.82) is 0 Å². The Labute approximate surface area is 185 Å². The Hall–Kier alpha value is -1.95. The van der Waals surface area contributed by atoms with E-state index in [0.29, 0.717) is 45.4 Å². The van der Waals surface area contributed by atoms with Crippen molar-refractivity contribution in [3.8, 4) is 0 Å². The molecule has 0 aromatic heterocycles. The molecule has 2 atom stereocenters. The number of carbonyl (C=O) groups excluding carboxylic acids is 2. The summed E-state index contributed by atoms with van der Waals surface area (Å²) < 4.78 is 4.62. The molecule has 0 fully saturated rings. The van der Waals surface area contributed by atoms with Gasteiger partial charge in [-0.05, 0) is 58.2 Å². The van der Waals surface area contributed by atoms with Gasteiger partial charge in [0.1, 0.15) is 6.61 Å². The van der Waals surface area contributed by atoms with E-state index in [9.17, 15) is 14.4 Å². The molecule has 0 aliphatic carbocycles. The van der Waals surface area contributed by atoms with Crippen molar-refractivity contribution in [3.05, 3.63) is 0 Å². The van der Waals surface area contributed by atoms with Crippen molar-refractivity contribution in [1.82, 2.24) is 10.2 Å². The van der Waals surface area contributed by atoms with Crippen molar-refractivity contribution in [2.75, 3.05) is 39.3 Å². The molecular formula is C20H42N6O5. The van der Waals surface area contributed by atoms with Crippen LogP contribution in [0.5, 0.6) is 0 Å². The highest BCUT2D eigenvalue weighted by Crippen LogP contribution is 2.07. The fourth-order valence-electron chi connectivity index (χ4n) is 3.11. The molecule has 11 heteroatoms. The van der Waals surface area contributed by atoms with Gasteiger partial charge in [-0.25, -0.2) is 4.79 Å². The fraction of sp³-hybridized carbons (Fsp3) is 0.850. The Morgan fingerprint density at radius 2 is 1.45 bits per heavy atom. The number of carbonyl (C=O) groups is 3. The van der Waals surface area contributed by atoms with Crippen LogP contribution in [0.15, 0.2) is 0 Å². The maximum Gasteiger partial charge on any atom is 0.505 e. The van der Waals surface area contributed by atoms with Crippen LogP contribution < -0.4 is 28.3 Å². The van der Waals surface area contributed by atoms with Gasteiger partial charge in [0, 0.05) is 6.54 Å². The highest BCUT2D eigenvalue weighted by molar-refractivity contribution is 5.87. The van der Waals surface area contributed by atoms with Crippen LogP contribution in [0.3, 0.4) is 0 Å². The summed E-state index contributed by atoms with van der Waals surface area (Å²) in [5, 5.41) is 11.5. The van der Waals surface area contributed by atoms with Crippen LogP contribution in [0.2, 0.25) is 0 Å². The number of rotatable bonds is 19. The van der Waals surface area contributed by atoms with E-state index < -0.39 is 18.2 Å². The SMILES string of the molecule is NCCCCCN(CC(=O)N[C@H](CCCCN)COC(=O)O)C(=O)[C@H](N)CCCCN. The zero-order valence-electron chi connectivity index (χ0n) is 18.6. The number of unbranched alkanes of at least 4 members (excludes halogenated alkanes) is 4. The molecule has 0 aromatic carbocycles. The molecule has 0 saturated heterocycles. The molecule has 11 nitrogen and oxygen atoms in total. The second kappa shape index (κ2) is 18.8. The van der Waals surface area contributed by atoms with Crippen LogP contribution in [-0.2, 0) is 14.3 Å². The van der Waals surface area contributed by atoms with Gasteiger partial charge >= 0.3 is 6.16 Å². The van der Waals surface area contributed by atoms with Crippen molar-refractivity contribution >= 4 is 18.0 Å². The normalized spacial score (nSPS) is 12.8.